The molecule has 0 spiro atoms. The number of nitrogens with two attached hydrogens (primary N) is 1. The van der Waals surface area contributed by atoms with Crippen molar-refractivity contribution in [1.29, 1.82) is 0 Å². The topological polar surface area (TPSA) is 74.2 Å². The number of aromatic nitrogens is 2. The van der Waals surface area contributed by atoms with Gasteiger partial charge in [-0.25, -0.2) is 0 Å². The third-order valence-corrected chi connectivity index (χ3v) is 1.98. The maximum absolute atomic E-state index is 5.88. The first-order valence-electron chi connectivity index (χ1n) is 4.21. The Hall–Kier alpha value is -1.75. The van der Waals surface area contributed by atoms with Crippen LogP contribution in [0.5, 0.6) is 5.75 Å². The Morgan fingerprint density at radius 3 is 2.80 bits per heavy atom. The highest BCUT2D eigenvalue weighted by Gasteiger charge is 2.05. The van der Waals surface area contributed by atoms with Crippen molar-refractivity contribution < 1.29 is 9.15 Å². The van der Waals surface area contributed by atoms with Gasteiger partial charge in [-0.2, -0.15) is 0 Å². The molecule has 5 nitrogen and oxygen atoms in total. The molecule has 0 aliphatic heterocycles. The first-order valence-corrected chi connectivity index (χ1v) is 4.58. The molecule has 15 heavy (non-hydrogen) atoms. The van der Waals surface area contributed by atoms with E-state index in [0.717, 1.165) is 0 Å². The second-order valence-electron chi connectivity index (χ2n) is 2.75. The lowest BCUT2D eigenvalue weighted by Gasteiger charge is -2.04. The van der Waals surface area contributed by atoms with Gasteiger partial charge in [-0.05, 0) is 12.1 Å². The van der Waals surface area contributed by atoms with Gasteiger partial charge in [0.15, 0.2) is 6.61 Å². The fourth-order valence-electron chi connectivity index (χ4n) is 1.03. The molecular weight excluding hydrogens is 218 g/mol. The van der Waals surface area contributed by atoms with Crippen LogP contribution in [-0.4, -0.2) is 10.2 Å². The molecule has 0 fully saturated rings. The molecule has 0 unspecified atom stereocenters. The molecule has 2 aromatic rings. The molecule has 0 amide bonds. The zero-order chi connectivity index (χ0) is 10.7. The zero-order valence-corrected chi connectivity index (χ0v) is 8.44. The number of ether oxygens (including phenoxy) is 1. The summed E-state index contributed by atoms with van der Waals surface area (Å²) in [5, 5.41) is 7.68. The molecule has 0 aliphatic rings. The lowest BCUT2D eigenvalue weighted by molar-refractivity contribution is 0.265. The third-order valence-electron chi connectivity index (χ3n) is 1.67. The van der Waals surface area contributed by atoms with Crippen molar-refractivity contribution in [1.82, 2.24) is 10.2 Å². The Labute approximate surface area is 90.8 Å². The summed E-state index contributed by atoms with van der Waals surface area (Å²) < 4.78 is 10.3. The molecule has 0 bridgehead atoms. The van der Waals surface area contributed by atoms with Crippen molar-refractivity contribution in [2.24, 2.45) is 0 Å². The molecule has 0 saturated carbocycles. The van der Waals surface area contributed by atoms with Crippen LogP contribution in [0.15, 0.2) is 28.7 Å². The summed E-state index contributed by atoms with van der Waals surface area (Å²) in [5.74, 6) is 0.878. The lowest BCUT2D eigenvalue weighted by Crippen LogP contribution is -1.96. The molecule has 1 aromatic carbocycles. The molecule has 1 aromatic heterocycles. The minimum atomic E-state index is 0.0211. The van der Waals surface area contributed by atoms with E-state index in [1.807, 2.05) is 12.1 Å². The van der Waals surface area contributed by atoms with Gasteiger partial charge in [-0.1, -0.05) is 28.8 Å². The summed E-state index contributed by atoms with van der Waals surface area (Å²) in [7, 11) is 0. The molecule has 0 radical (unpaired) electrons. The van der Waals surface area contributed by atoms with Crippen LogP contribution < -0.4 is 10.5 Å². The second-order valence-corrected chi connectivity index (χ2v) is 3.16. The van der Waals surface area contributed by atoms with Crippen molar-refractivity contribution in [3.8, 4) is 5.75 Å². The van der Waals surface area contributed by atoms with Gasteiger partial charge in [0.1, 0.15) is 5.75 Å². The van der Waals surface area contributed by atoms with Gasteiger partial charge in [-0.15, -0.1) is 5.10 Å². The van der Waals surface area contributed by atoms with Gasteiger partial charge in [0, 0.05) is 0 Å². The highest BCUT2D eigenvalue weighted by Crippen LogP contribution is 2.23. The van der Waals surface area contributed by atoms with E-state index in [-0.39, 0.29) is 12.6 Å². The quantitative estimate of drug-likeness (QED) is 0.863. The van der Waals surface area contributed by atoms with Crippen molar-refractivity contribution >= 4 is 17.6 Å². The fourth-order valence-corrected chi connectivity index (χ4v) is 1.22. The van der Waals surface area contributed by atoms with Crippen molar-refractivity contribution in [3.05, 3.63) is 35.2 Å². The van der Waals surface area contributed by atoms with Gasteiger partial charge < -0.3 is 14.9 Å². The minimum Gasteiger partial charge on any atom is -0.482 e. The van der Waals surface area contributed by atoms with Crippen LogP contribution in [0.1, 0.15) is 5.89 Å². The zero-order valence-electron chi connectivity index (χ0n) is 7.68. The first kappa shape index (κ1) is 9.79. The highest BCUT2D eigenvalue weighted by atomic mass is 35.5. The minimum absolute atomic E-state index is 0.0211. The Balaban J connectivity index is 2.02. The molecule has 1 heterocycles. The summed E-state index contributed by atoms with van der Waals surface area (Å²) in [6.07, 6.45) is 0. The molecule has 2 rings (SSSR count). The second kappa shape index (κ2) is 4.18. The number of benzene rings is 1. The van der Waals surface area contributed by atoms with Crippen molar-refractivity contribution in [3.63, 3.8) is 0 Å². The predicted molar refractivity (Wildman–Crippen MR) is 54.5 cm³/mol. The average molecular weight is 226 g/mol. The molecular formula is C9H8ClN3O2. The summed E-state index contributed by atoms with van der Waals surface area (Å²) >= 11 is 5.88. The molecule has 2 N–H and O–H groups in total. The van der Waals surface area contributed by atoms with Crippen LogP contribution in [0, 0.1) is 0 Å². The van der Waals surface area contributed by atoms with Gasteiger partial charge in [-0.3, -0.25) is 0 Å². The first-order chi connectivity index (χ1) is 7.25. The van der Waals surface area contributed by atoms with Crippen LogP contribution in [0.2, 0.25) is 5.02 Å². The SMILES string of the molecule is Nc1nnc(COc2ccccc2Cl)o1. The predicted octanol–water partition coefficient (Wildman–Crippen LogP) is 1.88. The van der Waals surface area contributed by atoms with E-state index in [0.29, 0.717) is 16.7 Å². The van der Waals surface area contributed by atoms with Crippen molar-refractivity contribution in [2.75, 3.05) is 5.73 Å². The number of nitrogens with zero attached hydrogens (tertiary/aromatic N) is 2. The Morgan fingerprint density at radius 1 is 1.33 bits per heavy atom. The van der Waals surface area contributed by atoms with Gasteiger partial charge in [0.2, 0.25) is 0 Å². The average Bonchev–Trinajstić information content (AvgIpc) is 2.63. The van der Waals surface area contributed by atoms with Crippen LogP contribution in [0.25, 0.3) is 0 Å². The van der Waals surface area contributed by atoms with E-state index in [2.05, 4.69) is 10.2 Å². The Morgan fingerprint density at radius 2 is 2.13 bits per heavy atom. The summed E-state index contributed by atoms with van der Waals surface area (Å²) in [5.41, 5.74) is 5.26. The van der Waals surface area contributed by atoms with Crippen molar-refractivity contribution in [2.45, 2.75) is 6.61 Å². The van der Waals surface area contributed by atoms with Gasteiger partial charge >= 0.3 is 6.01 Å². The number of anilines is 1. The summed E-state index contributed by atoms with van der Waals surface area (Å²) in [6.45, 7) is 0.147. The monoisotopic (exact) mass is 225 g/mol. The summed E-state index contributed by atoms with van der Waals surface area (Å²) in [6, 6.07) is 7.15. The number of para-hydroxylation sites is 1. The number of hydrogen-bond donors (Lipinski definition) is 1. The Bertz CT molecular complexity index is 458. The molecule has 0 atom stereocenters. The van der Waals surface area contributed by atoms with Crippen LogP contribution >= 0.6 is 11.6 Å². The maximum Gasteiger partial charge on any atom is 0.312 e. The Kier molecular flexibility index (Phi) is 2.73. The number of nitrogen functional groups attached to an aromatic ring is 1. The van der Waals surface area contributed by atoms with E-state index in [9.17, 15) is 0 Å². The van der Waals surface area contributed by atoms with E-state index in [1.54, 1.807) is 12.1 Å². The standard InChI is InChI=1S/C9H8ClN3O2/c10-6-3-1-2-4-7(6)14-5-8-12-13-9(11)15-8/h1-4H,5H2,(H2,11,13). The van der Waals surface area contributed by atoms with Gasteiger partial charge in [0.25, 0.3) is 5.89 Å². The van der Waals surface area contributed by atoms with Crippen LogP contribution in [0.4, 0.5) is 6.01 Å². The molecule has 0 saturated heterocycles. The lowest BCUT2D eigenvalue weighted by atomic mass is 10.3. The maximum atomic E-state index is 5.88. The highest BCUT2D eigenvalue weighted by molar-refractivity contribution is 6.32. The normalized spacial score (nSPS) is 10.2. The van der Waals surface area contributed by atoms with Crippen LogP contribution in [-0.2, 0) is 6.61 Å². The smallest absolute Gasteiger partial charge is 0.312 e. The molecule has 78 valence electrons. The largest absolute Gasteiger partial charge is 0.482 e. The molecule has 6 heteroatoms. The van der Waals surface area contributed by atoms with Crippen LogP contribution in [0.3, 0.4) is 0 Å². The van der Waals surface area contributed by atoms with E-state index in [1.165, 1.54) is 0 Å². The van der Waals surface area contributed by atoms with E-state index < -0.39 is 0 Å². The van der Waals surface area contributed by atoms with E-state index in [4.69, 9.17) is 26.5 Å². The van der Waals surface area contributed by atoms with Gasteiger partial charge in [0.05, 0.1) is 5.02 Å². The molecule has 0 aliphatic carbocycles. The number of hydrogen-bond acceptors (Lipinski definition) is 5. The number of halogens is 1. The third kappa shape index (κ3) is 2.38. The number of rotatable bonds is 3. The fraction of sp³-hybridized carbons (Fsp3) is 0.111. The van der Waals surface area contributed by atoms with E-state index >= 15 is 0 Å². The summed E-state index contributed by atoms with van der Waals surface area (Å²) in [4.78, 5) is 0.